The first-order chi connectivity index (χ1) is 12.8. The number of carbonyl (C=O) groups excluding carboxylic acids is 1. The number of benzene rings is 2. The van der Waals surface area contributed by atoms with Crippen LogP contribution in [0.2, 0.25) is 0 Å². The molecule has 2 aromatic rings. The van der Waals surface area contributed by atoms with Crippen molar-refractivity contribution in [3.05, 3.63) is 84.4 Å². The summed E-state index contributed by atoms with van der Waals surface area (Å²) in [7, 11) is 0. The highest BCUT2D eigenvalue weighted by Crippen LogP contribution is 2.41. The molecule has 1 aliphatic heterocycles. The molecule has 0 bridgehead atoms. The SMILES string of the molecule is C=C[C@H]1CC1C(=O)N1CCN(C(c2ccccc2)c2ccccc2)CC1. The molecular formula is C23H26N2O. The summed E-state index contributed by atoms with van der Waals surface area (Å²) in [5.74, 6) is 0.922. The monoisotopic (exact) mass is 346 g/mol. The van der Waals surface area contributed by atoms with E-state index in [1.54, 1.807) is 0 Å². The Balaban J connectivity index is 1.48. The van der Waals surface area contributed by atoms with Crippen LogP contribution in [0.3, 0.4) is 0 Å². The zero-order valence-corrected chi connectivity index (χ0v) is 15.1. The predicted molar refractivity (Wildman–Crippen MR) is 105 cm³/mol. The summed E-state index contributed by atoms with van der Waals surface area (Å²) in [6, 6.07) is 21.6. The van der Waals surface area contributed by atoms with Crippen molar-refractivity contribution in [2.75, 3.05) is 26.2 Å². The Morgan fingerprint density at radius 1 is 0.923 bits per heavy atom. The lowest BCUT2D eigenvalue weighted by Crippen LogP contribution is -2.50. The van der Waals surface area contributed by atoms with Crippen molar-refractivity contribution in [3.63, 3.8) is 0 Å². The molecule has 26 heavy (non-hydrogen) atoms. The molecule has 3 nitrogen and oxygen atoms in total. The minimum absolute atomic E-state index is 0.193. The van der Waals surface area contributed by atoms with Crippen LogP contribution in [0.15, 0.2) is 73.3 Å². The summed E-state index contributed by atoms with van der Waals surface area (Å²) >= 11 is 0. The maximum absolute atomic E-state index is 12.6. The molecule has 1 amide bonds. The van der Waals surface area contributed by atoms with Gasteiger partial charge in [-0.25, -0.2) is 0 Å². The molecule has 0 N–H and O–H groups in total. The van der Waals surface area contributed by atoms with Crippen molar-refractivity contribution in [1.29, 1.82) is 0 Å². The maximum Gasteiger partial charge on any atom is 0.226 e. The van der Waals surface area contributed by atoms with Crippen LogP contribution in [-0.4, -0.2) is 41.9 Å². The molecule has 1 unspecified atom stereocenters. The summed E-state index contributed by atoms with van der Waals surface area (Å²) in [6.45, 7) is 7.27. The summed E-state index contributed by atoms with van der Waals surface area (Å²) in [5, 5.41) is 0. The van der Waals surface area contributed by atoms with E-state index in [2.05, 4.69) is 77.0 Å². The van der Waals surface area contributed by atoms with E-state index in [0.717, 1.165) is 32.6 Å². The lowest BCUT2D eigenvalue weighted by Gasteiger charge is -2.40. The molecule has 0 radical (unpaired) electrons. The minimum atomic E-state index is 0.193. The van der Waals surface area contributed by atoms with E-state index >= 15 is 0 Å². The van der Waals surface area contributed by atoms with Crippen molar-refractivity contribution >= 4 is 5.91 Å². The first-order valence-electron chi connectivity index (χ1n) is 9.53. The van der Waals surface area contributed by atoms with Gasteiger partial charge in [-0.05, 0) is 23.5 Å². The average Bonchev–Trinajstić information content (AvgIpc) is 3.50. The molecule has 0 aromatic heterocycles. The van der Waals surface area contributed by atoms with Gasteiger partial charge in [0.25, 0.3) is 0 Å². The van der Waals surface area contributed by atoms with Crippen LogP contribution in [0.25, 0.3) is 0 Å². The fraction of sp³-hybridized carbons (Fsp3) is 0.348. The molecule has 0 spiro atoms. The molecule has 2 fully saturated rings. The smallest absolute Gasteiger partial charge is 0.226 e. The van der Waals surface area contributed by atoms with Crippen LogP contribution in [0.4, 0.5) is 0 Å². The van der Waals surface area contributed by atoms with Gasteiger partial charge in [0.2, 0.25) is 5.91 Å². The predicted octanol–water partition coefficient (Wildman–Crippen LogP) is 3.74. The maximum atomic E-state index is 12.6. The van der Waals surface area contributed by atoms with E-state index in [9.17, 15) is 4.79 Å². The lowest BCUT2D eigenvalue weighted by atomic mass is 9.96. The summed E-state index contributed by atoms with van der Waals surface area (Å²) < 4.78 is 0. The second-order valence-electron chi connectivity index (χ2n) is 7.33. The highest BCUT2D eigenvalue weighted by Gasteiger charge is 2.43. The molecule has 2 aromatic carbocycles. The quantitative estimate of drug-likeness (QED) is 0.770. The molecule has 1 heterocycles. The van der Waals surface area contributed by atoms with Gasteiger partial charge < -0.3 is 4.90 Å². The Hall–Kier alpha value is -2.39. The lowest BCUT2D eigenvalue weighted by molar-refractivity contribution is -0.134. The summed E-state index contributed by atoms with van der Waals surface area (Å²) in [6.07, 6.45) is 2.92. The Bertz CT molecular complexity index is 711. The van der Waals surface area contributed by atoms with Crippen molar-refractivity contribution in [2.24, 2.45) is 11.8 Å². The van der Waals surface area contributed by atoms with Crippen LogP contribution in [0.5, 0.6) is 0 Å². The van der Waals surface area contributed by atoms with Crippen molar-refractivity contribution in [3.8, 4) is 0 Å². The van der Waals surface area contributed by atoms with Crippen molar-refractivity contribution < 1.29 is 4.79 Å². The van der Waals surface area contributed by atoms with E-state index in [1.165, 1.54) is 11.1 Å². The molecule has 2 atom stereocenters. The molecule has 3 heteroatoms. The first kappa shape index (κ1) is 17.0. The van der Waals surface area contributed by atoms with E-state index in [-0.39, 0.29) is 12.0 Å². The van der Waals surface area contributed by atoms with Gasteiger partial charge in [-0.1, -0.05) is 66.7 Å². The number of hydrogen-bond acceptors (Lipinski definition) is 2. The third-order valence-corrected chi connectivity index (χ3v) is 5.68. The van der Waals surface area contributed by atoms with E-state index in [0.29, 0.717) is 11.8 Å². The number of rotatable bonds is 5. The van der Waals surface area contributed by atoms with Crippen LogP contribution in [0.1, 0.15) is 23.6 Å². The van der Waals surface area contributed by atoms with E-state index < -0.39 is 0 Å². The zero-order valence-electron chi connectivity index (χ0n) is 15.1. The minimum Gasteiger partial charge on any atom is -0.340 e. The zero-order chi connectivity index (χ0) is 17.9. The highest BCUT2D eigenvalue weighted by molar-refractivity contribution is 5.82. The molecular weight excluding hydrogens is 320 g/mol. The van der Waals surface area contributed by atoms with Crippen LogP contribution >= 0.6 is 0 Å². The molecule has 1 saturated heterocycles. The fourth-order valence-electron chi connectivity index (χ4n) is 4.08. The summed E-state index contributed by atoms with van der Waals surface area (Å²) in [4.78, 5) is 17.2. The van der Waals surface area contributed by atoms with Gasteiger partial charge in [0.1, 0.15) is 0 Å². The van der Waals surface area contributed by atoms with E-state index in [4.69, 9.17) is 0 Å². The number of piperazine rings is 1. The van der Waals surface area contributed by atoms with Gasteiger partial charge in [-0.2, -0.15) is 0 Å². The normalized spacial score (nSPS) is 23.0. The van der Waals surface area contributed by atoms with Crippen molar-refractivity contribution in [2.45, 2.75) is 12.5 Å². The number of allylic oxidation sites excluding steroid dienone is 1. The average molecular weight is 346 g/mol. The third kappa shape index (κ3) is 3.45. The molecule has 1 saturated carbocycles. The highest BCUT2D eigenvalue weighted by atomic mass is 16.2. The van der Waals surface area contributed by atoms with Crippen molar-refractivity contribution in [1.82, 2.24) is 9.80 Å². The molecule has 134 valence electrons. The van der Waals surface area contributed by atoms with Gasteiger partial charge in [0.15, 0.2) is 0 Å². The first-order valence-corrected chi connectivity index (χ1v) is 9.53. The van der Waals surface area contributed by atoms with Gasteiger partial charge in [-0.3, -0.25) is 9.69 Å². The fourth-order valence-corrected chi connectivity index (χ4v) is 4.08. The Labute approximate surface area is 155 Å². The summed E-state index contributed by atoms with van der Waals surface area (Å²) in [5.41, 5.74) is 2.62. The topological polar surface area (TPSA) is 23.6 Å². The molecule has 1 aliphatic carbocycles. The van der Waals surface area contributed by atoms with E-state index in [1.807, 2.05) is 6.08 Å². The Morgan fingerprint density at radius 2 is 1.46 bits per heavy atom. The Kier molecular flexibility index (Phi) is 4.89. The number of amides is 1. The molecule has 2 aliphatic rings. The third-order valence-electron chi connectivity index (χ3n) is 5.68. The number of carbonyl (C=O) groups is 1. The van der Waals surface area contributed by atoms with Gasteiger partial charge >= 0.3 is 0 Å². The number of nitrogens with zero attached hydrogens (tertiary/aromatic N) is 2. The van der Waals surface area contributed by atoms with Gasteiger partial charge in [0.05, 0.1) is 6.04 Å². The second kappa shape index (κ2) is 7.46. The molecule has 4 rings (SSSR count). The largest absolute Gasteiger partial charge is 0.340 e. The van der Waals surface area contributed by atoms with Crippen LogP contribution in [0, 0.1) is 11.8 Å². The second-order valence-corrected chi connectivity index (χ2v) is 7.33. The Morgan fingerprint density at radius 3 is 1.92 bits per heavy atom. The van der Waals surface area contributed by atoms with Crippen LogP contribution < -0.4 is 0 Å². The van der Waals surface area contributed by atoms with Gasteiger partial charge in [0, 0.05) is 32.1 Å². The number of hydrogen-bond donors (Lipinski definition) is 0. The van der Waals surface area contributed by atoms with Gasteiger partial charge in [-0.15, -0.1) is 6.58 Å². The standard InChI is InChI=1S/C23H26N2O/c1-2-18-17-21(18)23(26)25-15-13-24(14-16-25)22(19-9-5-3-6-10-19)20-11-7-4-8-12-20/h2-12,18,21-22H,1,13-17H2/t18-,21?/m0/s1. The van der Waals surface area contributed by atoms with Crippen LogP contribution in [-0.2, 0) is 4.79 Å².